The van der Waals surface area contributed by atoms with Gasteiger partial charge in [-0.2, -0.15) is 0 Å². The molecule has 0 atom stereocenters. The van der Waals surface area contributed by atoms with Gasteiger partial charge in [0.2, 0.25) is 5.91 Å². The van der Waals surface area contributed by atoms with Crippen LogP contribution in [0.3, 0.4) is 0 Å². The number of benzene rings is 2. The summed E-state index contributed by atoms with van der Waals surface area (Å²) in [5, 5.41) is 0. The summed E-state index contributed by atoms with van der Waals surface area (Å²) in [5.41, 5.74) is 5.25. The summed E-state index contributed by atoms with van der Waals surface area (Å²) in [5.74, 6) is 1.75. The lowest BCUT2D eigenvalue weighted by Gasteiger charge is -2.35. The summed E-state index contributed by atoms with van der Waals surface area (Å²) >= 11 is 0. The van der Waals surface area contributed by atoms with Crippen LogP contribution in [-0.4, -0.2) is 56.1 Å². The zero-order valence-corrected chi connectivity index (χ0v) is 17.4. The van der Waals surface area contributed by atoms with Crippen molar-refractivity contribution in [3.63, 3.8) is 0 Å². The predicted molar refractivity (Wildman–Crippen MR) is 114 cm³/mol. The van der Waals surface area contributed by atoms with E-state index in [1.165, 1.54) is 29.5 Å². The highest BCUT2D eigenvalue weighted by atomic mass is 16.5. The van der Waals surface area contributed by atoms with Crippen LogP contribution in [0.5, 0.6) is 11.5 Å². The lowest BCUT2D eigenvalue weighted by Crippen LogP contribution is -2.48. The number of carbonyl (C=O) groups excluding carboxylic acids is 1. The molecule has 1 amide bonds. The number of hydrogen-bond donors (Lipinski definition) is 0. The third kappa shape index (κ3) is 4.56. The molecule has 5 heteroatoms. The minimum atomic E-state index is 0.244. The number of amides is 1. The molecular formula is C24H30N2O3. The number of aryl methyl sites for hydroxylation is 2. The van der Waals surface area contributed by atoms with Gasteiger partial charge in [-0.3, -0.25) is 9.69 Å². The van der Waals surface area contributed by atoms with Crippen molar-refractivity contribution in [2.24, 2.45) is 0 Å². The second-order valence-corrected chi connectivity index (χ2v) is 7.98. The van der Waals surface area contributed by atoms with E-state index in [-0.39, 0.29) is 5.91 Å². The first-order valence-electron chi connectivity index (χ1n) is 10.5. The van der Waals surface area contributed by atoms with Gasteiger partial charge in [-0.25, -0.2) is 0 Å². The normalized spacial score (nSPS) is 16.6. The van der Waals surface area contributed by atoms with Crippen LogP contribution in [-0.2, 0) is 30.6 Å². The van der Waals surface area contributed by atoms with E-state index in [0.29, 0.717) is 6.42 Å². The number of rotatable bonds is 6. The van der Waals surface area contributed by atoms with E-state index >= 15 is 0 Å². The standard InChI is InChI=1S/C24H30N2O3/c1-28-22-9-7-19(15-23(22)29-2)17-25-10-12-26(13-11-25)24(27)16-18-6-8-20-4-3-5-21(20)14-18/h6-9,14-15H,3-5,10-13,16-17H2,1-2H3. The second-order valence-electron chi connectivity index (χ2n) is 7.98. The number of piperazine rings is 1. The molecule has 1 fully saturated rings. The van der Waals surface area contributed by atoms with Crippen molar-refractivity contribution in [3.8, 4) is 11.5 Å². The Labute approximate surface area is 173 Å². The van der Waals surface area contributed by atoms with Crippen molar-refractivity contribution in [1.29, 1.82) is 0 Å². The summed E-state index contributed by atoms with van der Waals surface area (Å²) < 4.78 is 10.7. The molecule has 29 heavy (non-hydrogen) atoms. The maximum Gasteiger partial charge on any atom is 0.227 e. The van der Waals surface area contributed by atoms with Crippen LogP contribution in [0.4, 0.5) is 0 Å². The molecule has 1 aliphatic heterocycles. The number of ether oxygens (including phenoxy) is 2. The topological polar surface area (TPSA) is 42.0 Å². The largest absolute Gasteiger partial charge is 0.493 e. The van der Waals surface area contributed by atoms with Gasteiger partial charge in [0.15, 0.2) is 11.5 Å². The molecule has 0 N–H and O–H groups in total. The molecule has 2 aromatic rings. The van der Waals surface area contributed by atoms with E-state index < -0.39 is 0 Å². The quantitative estimate of drug-likeness (QED) is 0.755. The van der Waals surface area contributed by atoms with Gasteiger partial charge >= 0.3 is 0 Å². The number of methoxy groups -OCH3 is 2. The first-order chi connectivity index (χ1) is 14.2. The Morgan fingerprint density at radius 3 is 2.34 bits per heavy atom. The SMILES string of the molecule is COc1ccc(CN2CCN(C(=O)Cc3ccc4c(c3)CCC4)CC2)cc1OC. The minimum Gasteiger partial charge on any atom is -0.493 e. The lowest BCUT2D eigenvalue weighted by atomic mass is 10.0. The molecule has 1 aliphatic carbocycles. The van der Waals surface area contributed by atoms with E-state index in [2.05, 4.69) is 29.2 Å². The Kier molecular flexibility index (Phi) is 6.05. The Hall–Kier alpha value is -2.53. The summed E-state index contributed by atoms with van der Waals surface area (Å²) in [6, 6.07) is 12.6. The Balaban J connectivity index is 1.29. The first kappa shape index (κ1) is 19.8. The highest BCUT2D eigenvalue weighted by Gasteiger charge is 2.22. The highest BCUT2D eigenvalue weighted by Crippen LogP contribution is 2.28. The molecular weight excluding hydrogens is 364 g/mol. The maximum atomic E-state index is 12.8. The van der Waals surface area contributed by atoms with Crippen LogP contribution < -0.4 is 9.47 Å². The van der Waals surface area contributed by atoms with Gasteiger partial charge < -0.3 is 14.4 Å². The molecule has 0 aromatic heterocycles. The molecule has 1 saturated heterocycles. The van der Waals surface area contributed by atoms with Gasteiger partial charge in [-0.05, 0) is 53.6 Å². The van der Waals surface area contributed by atoms with Gasteiger partial charge in [0.05, 0.1) is 20.6 Å². The van der Waals surface area contributed by atoms with Gasteiger partial charge in [0, 0.05) is 32.7 Å². The third-order valence-corrected chi connectivity index (χ3v) is 6.10. The van der Waals surface area contributed by atoms with E-state index in [0.717, 1.165) is 56.2 Å². The molecule has 4 rings (SSSR count). The van der Waals surface area contributed by atoms with Crippen molar-refractivity contribution in [2.45, 2.75) is 32.2 Å². The summed E-state index contributed by atoms with van der Waals surface area (Å²) in [7, 11) is 3.31. The van der Waals surface area contributed by atoms with Crippen LogP contribution in [0.15, 0.2) is 36.4 Å². The fraction of sp³-hybridized carbons (Fsp3) is 0.458. The number of hydrogen-bond acceptors (Lipinski definition) is 4. The molecule has 0 unspecified atom stereocenters. The van der Waals surface area contributed by atoms with Gasteiger partial charge in [0.1, 0.15) is 0 Å². The number of nitrogens with zero attached hydrogens (tertiary/aromatic N) is 2. The highest BCUT2D eigenvalue weighted by molar-refractivity contribution is 5.79. The van der Waals surface area contributed by atoms with Crippen molar-refractivity contribution >= 4 is 5.91 Å². The van der Waals surface area contributed by atoms with Gasteiger partial charge in [-0.1, -0.05) is 24.3 Å². The van der Waals surface area contributed by atoms with Crippen molar-refractivity contribution in [1.82, 2.24) is 9.80 Å². The van der Waals surface area contributed by atoms with Crippen LogP contribution in [0.1, 0.15) is 28.7 Å². The first-order valence-corrected chi connectivity index (χ1v) is 10.5. The molecule has 2 aromatic carbocycles. The Bertz CT molecular complexity index is 872. The molecule has 0 spiro atoms. The predicted octanol–water partition coefficient (Wildman–Crippen LogP) is 3.08. The number of fused-ring (bicyclic) bond motifs is 1. The van der Waals surface area contributed by atoms with Crippen LogP contribution in [0, 0.1) is 0 Å². The summed E-state index contributed by atoms with van der Waals surface area (Å²) in [4.78, 5) is 17.2. The van der Waals surface area contributed by atoms with E-state index in [4.69, 9.17) is 9.47 Å². The van der Waals surface area contributed by atoms with Crippen LogP contribution in [0.2, 0.25) is 0 Å². The molecule has 0 saturated carbocycles. The van der Waals surface area contributed by atoms with Crippen molar-refractivity contribution < 1.29 is 14.3 Å². The smallest absolute Gasteiger partial charge is 0.227 e. The average Bonchev–Trinajstić information content (AvgIpc) is 3.22. The fourth-order valence-electron chi connectivity index (χ4n) is 4.41. The second kappa shape index (κ2) is 8.87. The number of carbonyl (C=O) groups is 1. The molecule has 0 radical (unpaired) electrons. The molecule has 1 heterocycles. The fourth-order valence-corrected chi connectivity index (χ4v) is 4.41. The van der Waals surface area contributed by atoms with E-state index in [1.54, 1.807) is 14.2 Å². The van der Waals surface area contributed by atoms with Crippen LogP contribution >= 0.6 is 0 Å². The summed E-state index contributed by atoms with van der Waals surface area (Å²) in [6.07, 6.45) is 4.11. The monoisotopic (exact) mass is 394 g/mol. The minimum absolute atomic E-state index is 0.244. The Morgan fingerprint density at radius 2 is 1.59 bits per heavy atom. The van der Waals surface area contributed by atoms with Crippen LogP contribution in [0.25, 0.3) is 0 Å². The molecule has 154 valence electrons. The van der Waals surface area contributed by atoms with Gasteiger partial charge in [-0.15, -0.1) is 0 Å². The maximum absolute atomic E-state index is 12.8. The van der Waals surface area contributed by atoms with Crippen molar-refractivity contribution in [3.05, 3.63) is 58.7 Å². The summed E-state index contributed by atoms with van der Waals surface area (Å²) in [6.45, 7) is 4.22. The van der Waals surface area contributed by atoms with E-state index in [1.807, 2.05) is 17.0 Å². The van der Waals surface area contributed by atoms with Gasteiger partial charge in [0.25, 0.3) is 0 Å². The third-order valence-electron chi connectivity index (χ3n) is 6.10. The lowest BCUT2D eigenvalue weighted by molar-refractivity contribution is -0.132. The Morgan fingerprint density at radius 1 is 0.862 bits per heavy atom. The van der Waals surface area contributed by atoms with Crippen molar-refractivity contribution in [2.75, 3.05) is 40.4 Å². The molecule has 2 aliphatic rings. The molecule has 5 nitrogen and oxygen atoms in total. The molecule has 0 bridgehead atoms. The van der Waals surface area contributed by atoms with E-state index in [9.17, 15) is 4.79 Å². The average molecular weight is 395 g/mol. The zero-order chi connectivity index (χ0) is 20.2. The zero-order valence-electron chi connectivity index (χ0n) is 17.4.